The standard InChI is InChI=1S/C19H28N2O.ClH/c1-14-5-2-3-7-17(14)15-9-11-21(12-10-15)19(22)18-8-4-6-16(18)13-20;/h2-3,5,7,15-16,18H,4,6,8-13,20H2,1H3;1H/t16-,18-;/m1./s1. The summed E-state index contributed by atoms with van der Waals surface area (Å²) in [5.74, 6) is 1.59. The van der Waals surface area contributed by atoms with E-state index in [1.807, 2.05) is 0 Å². The minimum Gasteiger partial charge on any atom is -0.342 e. The fourth-order valence-corrected chi connectivity index (χ4v) is 4.33. The van der Waals surface area contributed by atoms with Crippen molar-refractivity contribution in [2.75, 3.05) is 19.6 Å². The molecule has 0 aromatic heterocycles. The van der Waals surface area contributed by atoms with Crippen LogP contribution in [0.1, 0.15) is 49.1 Å². The minimum atomic E-state index is 0. The molecule has 1 aliphatic carbocycles. The van der Waals surface area contributed by atoms with Gasteiger partial charge in [-0.15, -0.1) is 12.4 Å². The summed E-state index contributed by atoms with van der Waals surface area (Å²) < 4.78 is 0. The average molecular weight is 337 g/mol. The highest BCUT2D eigenvalue weighted by molar-refractivity contribution is 5.85. The second-order valence-electron chi connectivity index (χ2n) is 6.99. The van der Waals surface area contributed by atoms with Crippen LogP contribution in [0, 0.1) is 18.8 Å². The first-order valence-electron chi connectivity index (χ1n) is 8.75. The molecule has 23 heavy (non-hydrogen) atoms. The highest BCUT2D eigenvalue weighted by Gasteiger charge is 2.36. The molecule has 0 spiro atoms. The Kier molecular flexibility index (Phi) is 6.49. The molecule has 2 fully saturated rings. The van der Waals surface area contributed by atoms with Crippen molar-refractivity contribution in [3.05, 3.63) is 35.4 Å². The number of amides is 1. The van der Waals surface area contributed by atoms with E-state index < -0.39 is 0 Å². The smallest absolute Gasteiger partial charge is 0.226 e. The number of likely N-dealkylation sites (tertiary alicyclic amines) is 1. The van der Waals surface area contributed by atoms with Gasteiger partial charge in [0.05, 0.1) is 0 Å². The SMILES string of the molecule is Cc1ccccc1C1CCN(C(=O)[C@@H]2CCC[C@@H]2CN)CC1.Cl. The maximum absolute atomic E-state index is 12.8. The van der Waals surface area contributed by atoms with Crippen molar-refractivity contribution in [2.45, 2.75) is 44.9 Å². The first kappa shape index (κ1) is 18.3. The Balaban J connectivity index is 0.00000192. The zero-order valence-corrected chi connectivity index (χ0v) is 14.9. The van der Waals surface area contributed by atoms with Gasteiger partial charge in [-0.1, -0.05) is 30.7 Å². The van der Waals surface area contributed by atoms with Crippen molar-refractivity contribution in [3.63, 3.8) is 0 Å². The summed E-state index contributed by atoms with van der Waals surface area (Å²) in [4.78, 5) is 14.9. The molecule has 3 rings (SSSR count). The van der Waals surface area contributed by atoms with E-state index in [1.54, 1.807) is 0 Å². The van der Waals surface area contributed by atoms with Crippen LogP contribution in [0.4, 0.5) is 0 Å². The molecule has 4 heteroatoms. The van der Waals surface area contributed by atoms with Crippen LogP contribution in [0.3, 0.4) is 0 Å². The monoisotopic (exact) mass is 336 g/mol. The maximum atomic E-state index is 12.8. The van der Waals surface area contributed by atoms with Crippen LogP contribution >= 0.6 is 12.4 Å². The van der Waals surface area contributed by atoms with E-state index in [0.717, 1.165) is 45.2 Å². The summed E-state index contributed by atoms with van der Waals surface area (Å²) in [6.45, 7) is 4.67. The molecule has 0 radical (unpaired) electrons. The third-order valence-electron chi connectivity index (χ3n) is 5.71. The predicted molar refractivity (Wildman–Crippen MR) is 96.9 cm³/mol. The Morgan fingerprint density at radius 2 is 1.87 bits per heavy atom. The number of hydrogen-bond donors (Lipinski definition) is 1. The van der Waals surface area contributed by atoms with Crippen molar-refractivity contribution in [1.82, 2.24) is 4.90 Å². The molecule has 1 aromatic carbocycles. The number of aryl methyl sites for hydroxylation is 1. The summed E-state index contributed by atoms with van der Waals surface area (Å²) >= 11 is 0. The maximum Gasteiger partial charge on any atom is 0.226 e. The number of benzene rings is 1. The summed E-state index contributed by atoms with van der Waals surface area (Å²) in [6.07, 6.45) is 5.52. The van der Waals surface area contributed by atoms with Crippen molar-refractivity contribution in [1.29, 1.82) is 0 Å². The summed E-state index contributed by atoms with van der Waals surface area (Å²) in [5, 5.41) is 0. The molecule has 1 heterocycles. The van der Waals surface area contributed by atoms with Gasteiger partial charge in [-0.3, -0.25) is 4.79 Å². The van der Waals surface area contributed by atoms with Gasteiger partial charge in [0.1, 0.15) is 0 Å². The molecule has 2 aliphatic rings. The third-order valence-corrected chi connectivity index (χ3v) is 5.71. The quantitative estimate of drug-likeness (QED) is 0.918. The topological polar surface area (TPSA) is 46.3 Å². The summed E-state index contributed by atoms with van der Waals surface area (Å²) in [5.41, 5.74) is 8.68. The number of hydrogen-bond acceptors (Lipinski definition) is 2. The fourth-order valence-electron chi connectivity index (χ4n) is 4.33. The minimum absolute atomic E-state index is 0. The Bertz CT molecular complexity index is 526. The first-order valence-corrected chi connectivity index (χ1v) is 8.75. The number of rotatable bonds is 3. The molecule has 2 atom stereocenters. The van der Waals surface area contributed by atoms with E-state index in [-0.39, 0.29) is 18.3 Å². The van der Waals surface area contributed by atoms with Crippen molar-refractivity contribution in [2.24, 2.45) is 17.6 Å². The molecule has 0 bridgehead atoms. The number of carbonyl (C=O) groups is 1. The van der Waals surface area contributed by atoms with Gasteiger partial charge in [0.25, 0.3) is 0 Å². The number of halogens is 1. The van der Waals surface area contributed by atoms with E-state index in [2.05, 4.69) is 36.1 Å². The molecular weight excluding hydrogens is 308 g/mol. The van der Waals surface area contributed by atoms with Crippen LogP contribution in [-0.2, 0) is 4.79 Å². The van der Waals surface area contributed by atoms with Crippen LogP contribution in [-0.4, -0.2) is 30.4 Å². The second kappa shape index (κ2) is 8.16. The highest BCUT2D eigenvalue weighted by atomic mass is 35.5. The number of carbonyl (C=O) groups excluding carboxylic acids is 1. The molecular formula is C19H29ClN2O. The second-order valence-corrected chi connectivity index (χ2v) is 6.99. The molecule has 2 N–H and O–H groups in total. The molecule has 0 unspecified atom stereocenters. The van der Waals surface area contributed by atoms with Gasteiger partial charge in [0.2, 0.25) is 5.91 Å². The lowest BCUT2D eigenvalue weighted by molar-refractivity contribution is -0.137. The zero-order chi connectivity index (χ0) is 15.5. The first-order chi connectivity index (χ1) is 10.7. The fraction of sp³-hybridized carbons (Fsp3) is 0.632. The number of piperidine rings is 1. The number of nitrogens with zero attached hydrogens (tertiary/aromatic N) is 1. The summed E-state index contributed by atoms with van der Waals surface area (Å²) in [6, 6.07) is 8.67. The van der Waals surface area contributed by atoms with Gasteiger partial charge < -0.3 is 10.6 Å². The van der Waals surface area contributed by atoms with Gasteiger partial charge in [-0.05, 0) is 62.1 Å². The Morgan fingerprint density at radius 1 is 1.17 bits per heavy atom. The van der Waals surface area contributed by atoms with Crippen LogP contribution in [0.25, 0.3) is 0 Å². The van der Waals surface area contributed by atoms with E-state index >= 15 is 0 Å². The lowest BCUT2D eigenvalue weighted by Crippen LogP contribution is -2.43. The Hall–Kier alpha value is -1.06. The third kappa shape index (κ3) is 3.89. The van der Waals surface area contributed by atoms with Gasteiger partial charge in [0.15, 0.2) is 0 Å². The van der Waals surface area contributed by atoms with Crippen LogP contribution in [0.5, 0.6) is 0 Å². The van der Waals surface area contributed by atoms with Crippen molar-refractivity contribution in [3.8, 4) is 0 Å². The van der Waals surface area contributed by atoms with Crippen molar-refractivity contribution >= 4 is 18.3 Å². The largest absolute Gasteiger partial charge is 0.342 e. The van der Waals surface area contributed by atoms with E-state index in [9.17, 15) is 4.79 Å². The summed E-state index contributed by atoms with van der Waals surface area (Å²) in [7, 11) is 0. The van der Waals surface area contributed by atoms with E-state index in [0.29, 0.717) is 24.3 Å². The molecule has 1 amide bonds. The molecule has 1 aliphatic heterocycles. The van der Waals surface area contributed by atoms with Crippen LogP contribution in [0.2, 0.25) is 0 Å². The normalized spacial score (nSPS) is 25.2. The molecule has 1 saturated carbocycles. The van der Waals surface area contributed by atoms with Gasteiger partial charge in [-0.2, -0.15) is 0 Å². The predicted octanol–water partition coefficient (Wildman–Crippen LogP) is 3.50. The Morgan fingerprint density at radius 3 is 2.52 bits per heavy atom. The van der Waals surface area contributed by atoms with Crippen LogP contribution < -0.4 is 5.73 Å². The zero-order valence-electron chi connectivity index (χ0n) is 14.0. The lowest BCUT2D eigenvalue weighted by Gasteiger charge is -2.35. The van der Waals surface area contributed by atoms with Crippen molar-refractivity contribution < 1.29 is 4.79 Å². The van der Waals surface area contributed by atoms with Gasteiger partial charge in [0, 0.05) is 19.0 Å². The molecule has 1 aromatic rings. The van der Waals surface area contributed by atoms with E-state index in [1.165, 1.54) is 11.1 Å². The lowest BCUT2D eigenvalue weighted by atomic mass is 9.86. The van der Waals surface area contributed by atoms with Gasteiger partial charge in [-0.25, -0.2) is 0 Å². The Labute approximate surface area is 146 Å². The van der Waals surface area contributed by atoms with E-state index in [4.69, 9.17) is 5.73 Å². The molecule has 128 valence electrons. The molecule has 3 nitrogen and oxygen atoms in total. The molecule has 1 saturated heterocycles. The highest BCUT2D eigenvalue weighted by Crippen LogP contribution is 2.35. The number of nitrogens with two attached hydrogens (primary N) is 1. The van der Waals surface area contributed by atoms with Gasteiger partial charge >= 0.3 is 0 Å². The average Bonchev–Trinajstić information content (AvgIpc) is 3.03. The van der Waals surface area contributed by atoms with Crippen LogP contribution in [0.15, 0.2) is 24.3 Å².